The molecular weight excluding hydrogens is 372 g/mol. The molecule has 8 heteroatoms. The van der Waals surface area contributed by atoms with E-state index in [0.717, 1.165) is 11.3 Å². The fourth-order valence-electron chi connectivity index (χ4n) is 2.99. The van der Waals surface area contributed by atoms with Crippen molar-refractivity contribution in [1.82, 2.24) is 20.0 Å². The molecule has 1 atom stereocenters. The molecule has 2 heterocycles. The third-order valence-electron chi connectivity index (χ3n) is 4.58. The van der Waals surface area contributed by atoms with E-state index >= 15 is 0 Å². The highest BCUT2D eigenvalue weighted by molar-refractivity contribution is 5.76. The van der Waals surface area contributed by atoms with Crippen molar-refractivity contribution in [3.63, 3.8) is 0 Å². The summed E-state index contributed by atoms with van der Waals surface area (Å²) in [5.41, 5.74) is 1.52. The lowest BCUT2D eigenvalue weighted by Gasteiger charge is -2.27. The number of likely N-dealkylation sites (N-methyl/N-ethyl adjacent to an activating group) is 1. The summed E-state index contributed by atoms with van der Waals surface area (Å²) in [5.74, 6) is 1.43. The van der Waals surface area contributed by atoms with E-state index in [1.165, 1.54) is 0 Å². The number of nitrogens with zero attached hydrogens (tertiary/aromatic N) is 4. The quantitative estimate of drug-likeness (QED) is 0.549. The van der Waals surface area contributed by atoms with Gasteiger partial charge in [-0.3, -0.25) is 9.78 Å². The molecule has 8 nitrogen and oxygen atoms in total. The molecule has 0 fully saturated rings. The Balaban J connectivity index is 1.65. The number of aryl methyl sites for hydroxylation is 1. The standard InChI is InChI=1S/C21H24N4O4/c1-25(17(14-27-2)16-9-6-7-13-22-16)20(26)12-11-19-23-21(24-29-19)15-8-4-5-10-18(15)28-3/h4-10,13,17H,11-12,14H2,1-3H3. The van der Waals surface area contributed by atoms with Crippen LogP contribution in [0.3, 0.4) is 0 Å². The summed E-state index contributed by atoms with van der Waals surface area (Å²) in [6.07, 6.45) is 2.28. The summed E-state index contributed by atoms with van der Waals surface area (Å²) >= 11 is 0. The van der Waals surface area contributed by atoms with E-state index in [1.807, 2.05) is 42.5 Å². The fourth-order valence-corrected chi connectivity index (χ4v) is 2.99. The molecule has 0 saturated heterocycles. The van der Waals surface area contributed by atoms with Crippen LogP contribution in [0.2, 0.25) is 0 Å². The van der Waals surface area contributed by atoms with Crippen LogP contribution in [0.5, 0.6) is 5.75 Å². The molecule has 0 N–H and O–H groups in total. The van der Waals surface area contributed by atoms with E-state index in [0.29, 0.717) is 30.5 Å². The number of carbonyl (C=O) groups excluding carboxylic acids is 1. The number of pyridine rings is 1. The second-order valence-electron chi connectivity index (χ2n) is 6.44. The molecule has 3 rings (SSSR count). The number of benzene rings is 1. The van der Waals surface area contributed by atoms with Gasteiger partial charge in [0.25, 0.3) is 0 Å². The van der Waals surface area contributed by atoms with Gasteiger partial charge in [0.1, 0.15) is 5.75 Å². The van der Waals surface area contributed by atoms with Crippen molar-refractivity contribution < 1.29 is 18.8 Å². The molecule has 0 aliphatic heterocycles. The van der Waals surface area contributed by atoms with Crippen molar-refractivity contribution in [1.29, 1.82) is 0 Å². The van der Waals surface area contributed by atoms with Gasteiger partial charge in [-0.1, -0.05) is 23.4 Å². The maximum atomic E-state index is 12.7. The highest BCUT2D eigenvalue weighted by atomic mass is 16.5. The Bertz CT molecular complexity index is 929. The lowest BCUT2D eigenvalue weighted by Crippen LogP contribution is -2.34. The average molecular weight is 396 g/mol. The zero-order valence-electron chi connectivity index (χ0n) is 16.7. The van der Waals surface area contributed by atoms with Crippen LogP contribution in [-0.4, -0.2) is 53.8 Å². The van der Waals surface area contributed by atoms with Crippen LogP contribution in [0.4, 0.5) is 0 Å². The molecule has 0 saturated carbocycles. The number of aromatic nitrogens is 3. The number of para-hydroxylation sites is 1. The molecule has 0 spiro atoms. The predicted molar refractivity (Wildman–Crippen MR) is 106 cm³/mol. The molecule has 1 amide bonds. The van der Waals surface area contributed by atoms with Crippen LogP contribution in [0.1, 0.15) is 24.0 Å². The summed E-state index contributed by atoms with van der Waals surface area (Å²) < 4.78 is 15.9. The Morgan fingerprint density at radius 2 is 1.97 bits per heavy atom. The summed E-state index contributed by atoms with van der Waals surface area (Å²) in [4.78, 5) is 23.1. The largest absolute Gasteiger partial charge is 0.496 e. The maximum Gasteiger partial charge on any atom is 0.227 e. The molecule has 2 aromatic heterocycles. The van der Waals surface area contributed by atoms with Gasteiger partial charge in [0.05, 0.1) is 31.0 Å². The maximum absolute atomic E-state index is 12.7. The molecule has 1 unspecified atom stereocenters. The van der Waals surface area contributed by atoms with Gasteiger partial charge in [-0.15, -0.1) is 0 Å². The topological polar surface area (TPSA) is 90.6 Å². The van der Waals surface area contributed by atoms with Crippen molar-refractivity contribution in [2.24, 2.45) is 0 Å². The molecule has 3 aromatic rings. The number of rotatable bonds is 9. The smallest absolute Gasteiger partial charge is 0.227 e. The molecule has 0 bridgehead atoms. The van der Waals surface area contributed by atoms with Crippen LogP contribution in [0, 0.1) is 0 Å². The monoisotopic (exact) mass is 396 g/mol. The summed E-state index contributed by atoms with van der Waals surface area (Å²) in [6, 6.07) is 12.8. The number of methoxy groups -OCH3 is 2. The average Bonchev–Trinajstić information content (AvgIpc) is 3.24. The molecular formula is C21H24N4O4. The summed E-state index contributed by atoms with van der Waals surface area (Å²) in [5, 5.41) is 4.01. The lowest BCUT2D eigenvalue weighted by atomic mass is 10.1. The summed E-state index contributed by atoms with van der Waals surface area (Å²) in [7, 11) is 4.94. The van der Waals surface area contributed by atoms with Gasteiger partial charge in [-0.05, 0) is 24.3 Å². The number of carbonyl (C=O) groups is 1. The van der Waals surface area contributed by atoms with Gasteiger partial charge in [0.15, 0.2) is 0 Å². The molecule has 0 aliphatic rings. The highest BCUT2D eigenvalue weighted by Crippen LogP contribution is 2.27. The van der Waals surface area contributed by atoms with Crippen LogP contribution >= 0.6 is 0 Å². The van der Waals surface area contributed by atoms with E-state index < -0.39 is 0 Å². The van der Waals surface area contributed by atoms with Gasteiger partial charge in [0, 0.05) is 33.2 Å². The first-order valence-corrected chi connectivity index (χ1v) is 9.25. The SMILES string of the molecule is COCC(c1ccccn1)N(C)C(=O)CCc1nc(-c2ccccc2OC)no1. The number of hydrogen-bond donors (Lipinski definition) is 0. The van der Waals surface area contributed by atoms with Gasteiger partial charge < -0.3 is 18.9 Å². The van der Waals surface area contributed by atoms with Crippen molar-refractivity contribution in [3.05, 3.63) is 60.2 Å². The Labute approximate surface area is 169 Å². The third-order valence-corrected chi connectivity index (χ3v) is 4.58. The first-order valence-electron chi connectivity index (χ1n) is 9.25. The van der Waals surface area contributed by atoms with Gasteiger partial charge in [0.2, 0.25) is 17.6 Å². The first-order chi connectivity index (χ1) is 14.1. The Kier molecular flexibility index (Phi) is 6.91. The number of ether oxygens (including phenoxy) is 2. The minimum Gasteiger partial charge on any atom is -0.496 e. The number of hydrogen-bond acceptors (Lipinski definition) is 7. The Morgan fingerprint density at radius 1 is 1.17 bits per heavy atom. The minimum atomic E-state index is -0.263. The van der Waals surface area contributed by atoms with Crippen LogP contribution in [0.25, 0.3) is 11.4 Å². The van der Waals surface area contributed by atoms with Crippen molar-refractivity contribution >= 4 is 5.91 Å². The molecule has 0 aliphatic carbocycles. The summed E-state index contributed by atoms with van der Waals surface area (Å²) in [6.45, 7) is 0.359. The van der Waals surface area contributed by atoms with E-state index in [1.54, 1.807) is 32.4 Å². The Hall–Kier alpha value is -3.26. The molecule has 29 heavy (non-hydrogen) atoms. The van der Waals surface area contributed by atoms with E-state index in [2.05, 4.69) is 15.1 Å². The predicted octanol–water partition coefficient (Wildman–Crippen LogP) is 2.92. The molecule has 152 valence electrons. The first kappa shape index (κ1) is 20.5. The van der Waals surface area contributed by atoms with Crippen LogP contribution in [0.15, 0.2) is 53.2 Å². The lowest BCUT2D eigenvalue weighted by molar-refractivity contribution is -0.133. The van der Waals surface area contributed by atoms with Gasteiger partial charge in [-0.25, -0.2) is 0 Å². The van der Waals surface area contributed by atoms with Gasteiger partial charge in [-0.2, -0.15) is 4.98 Å². The second kappa shape index (κ2) is 9.79. The van der Waals surface area contributed by atoms with Gasteiger partial charge >= 0.3 is 0 Å². The Morgan fingerprint density at radius 3 is 2.69 bits per heavy atom. The second-order valence-corrected chi connectivity index (χ2v) is 6.44. The molecule has 0 radical (unpaired) electrons. The van der Waals surface area contributed by atoms with E-state index in [4.69, 9.17) is 14.0 Å². The third kappa shape index (κ3) is 4.97. The van der Waals surface area contributed by atoms with Crippen LogP contribution in [-0.2, 0) is 16.0 Å². The number of amides is 1. The van der Waals surface area contributed by atoms with E-state index in [9.17, 15) is 4.79 Å². The highest BCUT2D eigenvalue weighted by Gasteiger charge is 2.23. The normalized spacial score (nSPS) is 11.8. The fraction of sp³-hybridized carbons (Fsp3) is 0.333. The van der Waals surface area contributed by atoms with Crippen molar-refractivity contribution in [2.45, 2.75) is 18.9 Å². The zero-order chi connectivity index (χ0) is 20.6. The van der Waals surface area contributed by atoms with Crippen LogP contribution < -0.4 is 4.74 Å². The van der Waals surface area contributed by atoms with E-state index in [-0.39, 0.29) is 18.4 Å². The zero-order valence-corrected chi connectivity index (χ0v) is 16.7. The molecule has 1 aromatic carbocycles. The minimum absolute atomic E-state index is 0.0604. The van der Waals surface area contributed by atoms with Crippen molar-refractivity contribution in [3.8, 4) is 17.1 Å². The van der Waals surface area contributed by atoms with Crippen molar-refractivity contribution in [2.75, 3.05) is 27.9 Å².